The van der Waals surface area contributed by atoms with Crippen molar-refractivity contribution in [1.82, 2.24) is 4.57 Å². The summed E-state index contributed by atoms with van der Waals surface area (Å²) in [4.78, 5) is 0. The summed E-state index contributed by atoms with van der Waals surface area (Å²) in [5, 5.41) is 1.13. The first-order valence-electron chi connectivity index (χ1n) is 7.16. The first-order valence-corrected chi connectivity index (χ1v) is 7.54. The zero-order valence-electron chi connectivity index (χ0n) is 11.5. The molecule has 0 fully saturated rings. The quantitative estimate of drug-likeness (QED) is 0.566. The van der Waals surface area contributed by atoms with Crippen LogP contribution in [0, 0.1) is 5.82 Å². The van der Waals surface area contributed by atoms with Gasteiger partial charge in [0.05, 0.1) is 5.02 Å². The van der Waals surface area contributed by atoms with Crippen LogP contribution in [0.3, 0.4) is 0 Å². The van der Waals surface area contributed by atoms with Gasteiger partial charge >= 0.3 is 0 Å². The van der Waals surface area contributed by atoms with Crippen molar-refractivity contribution >= 4 is 22.5 Å². The molecular weight excluding hydrogens is 261 g/mol. The van der Waals surface area contributed by atoms with E-state index in [1.54, 1.807) is 6.07 Å². The summed E-state index contributed by atoms with van der Waals surface area (Å²) >= 11 is 5.85. The Balaban J connectivity index is 1.92. The molecule has 2 rings (SSSR count). The number of aryl methyl sites for hydroxylation is 1. The van der Waals surface area contributed by atoms with Gasteiger partial charge in [-0.2, -0.15) is 0 Å². The van der Waals surface area contributed by atoms with Gasteiger partial charge in [-0.05, 0) is 24.6 Å². The van der Waals surface area contributed by atoms with Gasteiger partial charge in [-0.1, -0.05) is 50.6 Å². The average Bonchev–Trinajstić information content (AvgIpc) is 2.77. The summed E-state index contributed by atoms with van der Waals surface area (Å²) < 4.78 is 15.5. The van der Waals surface area contributed by atoms with Crippen LogP contribution >= 0.6 is 11.6 Å². The number of aromatic nitrogens is 1. The van der Waals surface area contributed by atoms with E-state index in [1.165, 1.54) is 44.6 Å². The number of unbranched alkanes of at least 4 members (excludes halogenated alkanes) is 5. The molecule has 19 heavy (non-hydrogen) atoms. The van der Waals surface area contributed by atoms with Crippen LogP contribution in [0.5, 0.6) is 0 Å². The summed E-state index contributed by atoms with van der Waals surface area (Å²) in [6.45, 7) is 3.21. The molecule has 0 unspecified atom stereocenters. The lowest BCUT2D eigenvalue weighted by molar-refractivity contribution is 0.565. The normalized spacial score (nSPS) is 11.3. The van der Waals surface area contributed by atoms with Crippen molar-refractivity contribution in [2.24, 2.45) is 0 Å². The Morgan fingerprint density at radius 2 is 1.84 bits per heavy atom. The molecule has 0 aliphatic heterocycles. The molecule has 1 nitrogen and oxygen atoms in total. The minimum absolute atomic E-state index is 0.204. The molecule has 0 spiro atoms. The van der Waals surface area contributed by atoms with Gasteiger partial charge in [-0.15, -0.1) is 0 Å². The molecule has 0 bridgehead atoms. The lowest BCUT2D eigenvalue weighted by Crippen LogP contribution is -1.96. The molecule has 3 heteroatoms. The number of hydrogen-bond donors (Lipinski definition) is 0. The van der Waals surface area contributed by atoms with Gasteiger partial charge in [0.2, 0.25) is 0 Å². The Hall–Kier alpha value is -1.02. The molecular formula is C16H21ClFN. The smallest absolute Gasteiger partial charge is 0.142 e. The van der Waals surface area contributed by atoms with E-state index in [-0.39, 0.29) is 10.8 Å². The van der Waals surface area contributed by atoms with Crippen LogP contribution in [0.2, 0.25) is 5.02 Å². The molecule has 0 aliphatic rings. The number of benzene rings is 1. The summed E-state index contributed by atoms with van der Waals surface area (Å²) in [5.41, 5.74) is 1.03. The minimum Gasteiger partial charge on any atom is -0.347 e. The van der Waals surface area contributed by atoms with Crippen LogP contribution in [0.4, 0.5) is 4.39 Å². The SMILES string of the molecule is CCCCCCCCn1ccc2cc(F)c(Cl)cc21. The first-order chi connectivity index (χ1) is 9.22. The summed E-state index contributed by atoms with van der Waals surface area (Å²) in [6.07, 6.45) is 9.71. The van der Waals surface area contributed by atoms with E-state index < -0.39 is 0 Å². The van der Waals surface area contributed by atoms with Gasteiger partial charge in [-0.25, -0.2) is 4.39 Å². The number of nitrogens with zero attached hydrogens (tertiary/aromatic N) is 1. The van der Waals surface area contributed by atoms with Crippen LogP contribution < -0.4 is 0 Å². The van der Waals surface area contributed by atoms with Crippen LogP contribution in [0.15, 0.2) is 24.4 Å². The second kappa shape index (κ2) is 6.95. The molecule has 0 saturated carbocycles. The van der Waals surface area contributed by atoms with Gasteiger partial charge in [0.25, 0.3) is 0 Å². The third-order valence-electron chi connectivity index (χ3n) is 3.57. The Morgan fingerprint density at radius 3 is 2.63 bits per heavy atom. The van der Waals surface area contributed by atoms with Crippen molar-refractivity contribution in [3.05, 3.63) is 35.2 Å². The van der Waals surface area contributed by atoms with Gasteiger partial charge in [0.1, 0.15) is 5.82 Å². The highest BCUT2D eigenvalue weighted by atomic mass is 35.5. The number of fused-ring (bicyclic) bond motifs is 1. The van der Waals surface area contributed by atoms with Gasteiger partial charge in [-0.3, -0.25) is 0 Å². The molecule has 0 saturated heterocycles. The van der Waals surface area contributed by atoms with Crippen molar-refractivity contribution in [2.75, 3.05) is 0 Å². The third kappa shape index (κ3) is 3.73. The molecule has 2 aromatic rings. The van der Waals surface area contributed by atoms with E-state index in [0.717, 1.165) is 17.4 Å². The van der Waals surface area contributed by atoms with Crippen LogP contribution in [0.1, 0.15) is 45.4 Å². The van der Waals surface area contributed by atoms with Crippen molar-refractivity contribution < 1.29 is 4.39 Å². The van der Waals surface area contributed by atoms with E-state index in [1.807, 2.05) is 12.3 Å². The number of hydrogen-bond acceptors (Lipinski definition) is 0. The molecule has 0 aliphatic carbocycles. The molecule has 104 valence electrons. The lowest BCUT2D eigenvalue weighted by atomic mass is 10.1. The van der Waals surface area contributed by atoms with Gasteiger partial charge in [0, 0.05) is 23.6 Å². The average molecular weight is 282 g/mol. The molecule has 1 heterocycles. The highest BCUT2D eigenvalue weighted by Crippen LogP contribution is 2.24. The van der Waals surface area contributed by atoms with E-state index in [2.05, 4.69) is 11.5 Å². The molecule has 0 amide bonds. The van der Waals surface area contributed by atoms with Crippen LogP contribution in [-0.2, 0) is 6.54 Å². The zero-order valence-corrected chi connectivity index (χ0v) is 12.2. The predicted molar refractivity (Wildman–Crippen MR) is 80.3 cm³/mol. The number of halogens is 2. The van der Waals surface area contributed by atoms with Crippen LogP contribution in [-0.4, -0.2) is 4.57 Å². The summed E-state index contributed by atoms with van der Waals surface area (Å²) in [5.74, 6) is -0.341. The van der Waals surface area contributed by atoms with Crippen LogP contribution in [0.25, 0.3) is 10.9 Å². The third-order valence-corrected chi connectivity index (χ3v) is 3.86. The van der Waals surface area contributed by atoms with Gasteiger partial charge in [0.15, 0.2) is 0 Å². The highest BCUT2D eigenvalue weighted by Gasteiger charge is 2.06. The number of rotatable bonds is 7. The van der Waals surface area contributed by atoms with Crippen molar-refractivity contribution in [1.29, 1.82) is 0 Å². The predicted octanol–water partition coefficient (Wildman–Crippen LogP) is 5.79. The monoisotopic (exact) mass is 281 g/mol. The van der Waals surface area contributed by atoms with E-state index >= 15 is 0 Å². The summed E-state index contributed by atoms with van der Waals surface area (Å²) in [7, 11) is 0. The van der Waals surface area contributed by atoms with Gasteiger partial charge < -0.3 is 4.57 Å². The Bertz CT molecular complexity index is 533. The largest absolute Gasteiger partial charge is 0.347 e. The summed E-state index contributed by atoms with van der Waals surface area (Å²) in [6, 6.07) is 5.19. The van der Waals surface area contributed by atoms with Crippen molar-refractivity contribution in [3.63, 3.8) is 0 Å². The van der Waals surface area contributed by atoms with E-state index in [4.69, 9.17) is 11.6 Å². The molecule has 1 aromatic heterocycles. The maximum absolute atomic E-state index is 13.3. The standard InChI is InChI=1S/C16H21ClFN/c1-2-3-4-5-6-7-9-19-10-8-13-11-15(18)14(17)12-16(13)19/h8,10-12H,2-7,9H2,1H3. The maximum atomic E-state index is 13.3. The highest BCUT2D eigenvalue weighted by molar-refractivity contribution is 6.31. The Labute approximate surface area is 119 Å². The molecule has 1 aromatic carbocycles. The van der Waals surface area contributed by atoms with Crippen molar-refractivity contribution in [2.45, 2.75) is 52.0 Å². The fraction of sp³-hybridized carbons (Fsp3) is 0.500. The molecule has 0 N–H and O–H groups in total. The Kier molecular flexibility index (Phi) is 5.26. The molecule has 0 atom stereocenters. The Morgan fingerprint density at radius 1 is 1.11 bits per heavy atom. The van der Waals surface area contributed by atoms with Crippen molar-refractivity contribution in [3.8, 4) is 0 Å². The van der Waals surface area contributed by atoms with E-state index in [9.17, 15) is 4.39 Å². The van der Waals surface area contributed by atoms with E-state index in [0.29, 0.717) is 0 Å². The lowest BCUT2D eigenvalue weighted by Gasteiger charge is -2.06. The molecule has 0 radical (unpaired) electrons. The first kappa shape index (κ1) is 14.4. The second-order valence-corrected chi connectivity index (χ2v) is 5.51. The zero-order chi connectivity index (χ0) is 13.7. The second-order valence-electron chi connectivity index (χ2n) is 5.10. The maximum Gasteiger partial charge on any atom is 0.142 e. The fourth-order valence-corrected chi connectivity index (χ4v) is 2.60. The topological polar surface area (TPSA) is 4.93 Å². The fourth-order valence-electron chi connectivity index (χ4n) is 2.44. The minimum atomic E-state index is -0.341.